The van der Waals surface area contributed by atoms with Crippen molar-refractivity contribution in [1.82, 2.24) is 9.80 Å². The average Bonchev–Trinajstić information content (AvgIpc) is 2.67. The lowest BCUT2D eigenvalue weighted by atomic mass is 10.1. The lowest BCUT2D eigenvalue weighted by molar-refractivity contribution is -0.124. The van der Waals surface area contributed by atoms with E-state index in [0.29, 0.717) is 11.5 Å². The molecule has 0 aliphatic carbocycles. The van der Waals surface area contributed by atoms with E-state index >= 15 is 0 Å². The second-order valence-corrected chi connectivity index (χ2v) is 8.49. The number of rotatable bonds is 13. The normalized spacial score (nSPS) is 13.9. The fraction of sp³-hybridized carbons (Fsp3) is 0.500. The largest absolute Gasteiger partial charge is 0.468 e. The number of nitrogens with zero attached hydrogens (tertiary/aromatic N) is 2. The smallest absolute Gasteiger partial charge is 0.253 e. The zero-order chi connectivity index (χ0) is 23.2. The Morgan fingerprint density at radius 3 is 2.30 bits per heavy atom. The highest BCUT2D eigenvalue weighted by Crippen LogP contribution is 2.17. The van der Waals surface area contributed by atoms with Crippen LogP contribution in [0.3, 0.4) is 0 Å². The van der Waals surface area contributed by atoms with Crippen LogP contribution in [-0.2, 0) is 19.6 Å². The molecule has 2 N–H and O–H groups in total. The first-order valence-corrected chi connectivity index (χ1v) is 11.6. The Hall–Kier alpha value is -2.32. The first-order chi connectivity index (χ1) is 14.0. The fourth-order valence-electron chi connectivity index (χ4n) is 2.39. The fourth-order valence-corrected chi connectivity index (χ4v) is 2.73. The Labute approximate surface area is 182 Å². The molecule has 0 aliphatic heterocycles. The molecule has 8 heteroatoms. The minimum absolute atomic E-state index is 0.187. The molecule has 0 bridgehead atoms. The number of hydrogen-bond donors (Lipinski definition) is 1. The van der Waals surface area contributed by atoms with E-state index in [4.69, 9.17) is 9.88 Å². The standard InChI is InChI=1S/C22H37N3O4S/c1-7-9-11-12-13-16-29-19(3)21(25(6)15-10-8-2)18-20(22(26)24(4)5)14-17-30(23,27)28/h7,9,13-14,16-18H,8,10-12,15H2,1-6H3,(H2,23,27,28)/b9-7-,16-13+,17-14+,20-18+,21-19-. The maximum absolute atomic E-state index is 12.6. The van der Waals surface area contributed by atoms with Gasteiger partial charge in [0.15, 0.2) is 0 Å². The van der Waals surface area contributed by atoms with Crippen LogP contribution in [0.4, 0.5) is 0 Å². The van der Waals surface area contributed by atoms with E-state index in [-0.39, 0.29) is 11.5 Å². The Balaban J connectivity index is 6.02. The molecule has 0 saturated heterocycles. The Kier molecular flexibility index (Phi) is 13.5. The van der Waals surface area contributed by atoms with Gasteiger partial charge < -0.3 is 14.5 Å². The van der Waals surface area contributed by atoms with Gasteiger partial charge >= 0.3 is 0 Å². The van der Waals surface area contributed by atoms with Crippen molar-refractivity contribution < 1.29 is 17.9 Å². The summed E-state index contributed by atoms with van der Waals surface area (Å²) in [6.07, 6.45) is 14.3. The molecule has 0 aliphatic rings. The number of carbonyl (C=O) groups is 1. The number of amides is 1. The van der Waals surface area contributed by atoms with Crippen molar-refractivity contribution in [1.29, 1.82) is 0 Å². The molecular formula is C22H37N3O4S. The third-order valence-electron chi connectivity index (χ3n) is 4.08. The number of likely N-dealkylation sites (N-methyl/N-ethyl adjacent to an activating group) is 2. The molecule has 0 aromatic rings. The maximum atomic E-state index is 12.6. The van der Waals surface area contributed by atoms with Gasteiger partial charge in [-0.15, -0.1) is 0 Å². The number of unbranched alkanes of at least 4 members (excludes halogenated alkanes) is 2. The average molecular weight is 440 g/mol. The van der Waals surface area contributed by atoms with Gasteiger partial charge in [0.1, 0.15) is 5.76 Å². The highest BCUT2D eigenvalue weighted by Gasteiger charge is 2.14. The van der Waals surface area contributed by atoms with Gasteiger partial charge in [-0.25, -0.2) is 13.6 Å². The monoisotopic (exact) mass is 439 g/mol. The first kappa shape index (κ1) is 27.7. The molecule has 0 heterocycles. The summed E-state index contributed by atoms with van der Waals surface area (Å²) in [5, 5.41) is 5.88. The van der Waals surface area contributed by atoms with Crippen LogP contribution in [0.25, 0.3) is 0 Å². The van der Waals surface area contributed by atoms with E-state index < -0.39 is 10.0 Å². The highest BCUT2D eigenvalue weighted by atomic mass is 32.2. The van der Waals surface area contributed by atoms with Crippen LogP contribution in [0.2, 0.25) is 0 Å². The molecular weight excluding hydrogens is 402 g/mol. The van der Waals surface area contributed by atoms with Crippen molar-refractivity contribution in [3.63, 3.8) is 0 Å². The van der Waals surface area contributed by atoms with Gasteiger partial charge in [-0.05, 0) is 51.3 Å². The van der Waals surface area contributed by atoms with Gasteiger partial charge in [-0.3, -0.25) is 4.79 Å². The number of hydrogen-bond acceptors (Lipinski definition) is 5. The Morgan fingerprint density at radius 2 is 1.77 bits per heavy atom. The minimum atomic E-state index is -3.86. The summed E-state index contributed by atoms with van der Waals surface area (Å²) in [7, 11) is 1.24. The molecule has 30 heavy (non-hydrogen) atoms. The summed E-state index contributed by atoms with van der Waals surface area (Å²) in [5.41, 5.74) is 0.873. The predicted molar refractivity (Wildman–Crippen MR) is 124 cm³/mol. The van der Waals surface area contributed by atoms with Crippen molar-refractivity contribution >= 4 is 15.9 Å². The Morgan fingerprint density at radius 1 is 1.13 bits per heavy atom. The zero-order valence-electron chi connectivity index (χ0n) is 19.1. The maximum Gasteiger partial charge on any atom is 0.253 e. The second-order valence-electron chi connectivity index (χ2n) is 7.04. The predicted octanol–water partition coefficient (Wildman–Crippen LogP) is 3.65. The summed E-state index contributed by atoms with van der Waals surface area (Å²) in [4.78, 5) is 15.9. The molecule has 0 spiro atoms. The van der Waals surface area contributed by atoms with Gasteiger partial charge in [0.05, 0.1) is 12.0 Å². The molecule has 0 radical (unpaired) electrons. The number of ether oxygens (including phenoxy) is 1. The van der Waals surface area contributed by atoms with Gasteiger partial charge in [0.2, 0.25) is 10.0 Å². The van der Waals surface area contributed by atoms with E-state index in [1.165, 1.54) is 11.0 Å². The lowest BCUT2D eigenvalue weighted by Crippen LogP contribution is -2.25. The van der Waals surface area contributed by atoms with Crippen LogP contribution in [0, 0.1) is 0 Å². The molecule has 0 rings (SSSR count). The molecule has 170 valence electrons. The summed E-state index contributed by atoms with van der Waals surface area (Å²) < 4.78 is 28.5. The molecule has 0 fully saturated rings. The number of sulfonamides is 1. The molecule has 0 atom stereocenters. The van der Waals surface area contributed by atoms with Crippen LogP contribution in [0.5, 0.6) is 0 Å². The molecule has 7 nitrogen and oxygen atoms in total. The van der Waals surface area contributed by atoms with Crippen molar-refractivity contribution in [3.8, 4) is 0 Å². The number of carbonyl (C=O) groups excluding carboxylic acids is 1. The van der Waals surface area contributed by atoms with Crippen LogP contribution >= 0.6 is 0 Å². The van der Waals surface area contributed by atoms with E-state index in [1.807, 2.05) is 37.9 Å². The van der Waals surface area contributed by atoms with Crippen molar-refractivity contribution in [2.24, 2.45) is 5.14 Å². The molecule has 0 aromatic heterocycles. The molecule has 1 amide bonds. The molecule has 0 unspecified atom stereocenters. The summed E-state index contributed by atoms with van der Waals surface area (Å²) in [6.45, 7) is 6.65. The highest BCUT2D eigenvalue weighted by molar-refractivity contribution is 7.92. The van der Waals surface area contributed by atoms with Crippen LogP contribution in [0.1, 0.15) is 46.5 Å². The van der Waals surface area contributed by atoms with Gasteiger partial charge in [0.25, 0.3) is 5.91 Å². The third kappa shape index (κ3) is 12.3. The topological polar surface area (TPSA) is 92.9 Å². The number of primary sulfonamides is 1. The first-order valence-electron chi connectivity index (χ1n) is 10.0. The van der Waals surface area contributed by atoms with Crippen LogP contribution < -0.4 is 5.14 Å². The van der Waals surface area contributed by atoms with Gasteiger partial charge in [-0.2, -0.15) is 0 Å². The number of allylic oxidation sites excluding steroid dienone is 5. The quantitative estimate of drug-likeness (QED) is 0.155. The summed E-state index contributed by atoms with van der Waals surface area (Å²) in [5.74, 6) is 0.259. The SMILES string of the molecule is C/C=C\CC/C=C/O/C(C)=C(/C=C(\C=C\S(N)(=O)=O)C(=O)N(C)C)N(C)CCCC. The third-order valence-corrected chi connectivity index (χ3v) is 4.59. The second kappa shape index (κ2) is 14.6. The van der Waals surface area contributed by atoms with E-state index in [9.17, 15) is 13.2 Å². The van der Waals surface area contributed by atoms with Crippen molar-refractivity contribution in [3.05, 3.63) is 59.1 Å². The van der Waals surface area contributed by atoms with Gasteiger partial charge in [-0.1, -0.05) is 25.5 Å². The van der Waals surface area contributed by atoms with E-state index in [2.05, 4.69) is 13.0 Å². The van der Waals surface area contributed by atoms with Crippen molar-refractivity contribution in [2.45, 2.75) is 46.5 Å². The molecule has 0 aromatic carbocycles. The van der Waals surface area contributed by atoms with E-state index in [1.54, 1.807) is 26.4 Å². The number of nitrogens with two attached hydrogens (primary N) is 1. The summed E-state index contributed by atoms with van der Waals surface area (Å²) >= 11 is 0. The van der Waals surface area contributed by atoms with Crippen LogP contribution in [-0.4, -0.2) is 51.8 Å². The molecule has 0 saturated carbocycles. The van der Waals surface area contributed by atoms with Crippen LogP contribution in [0.15, 0.2) is 59.1 Å². The van der Waals surface area contributed by atoms with Crippen molar-refractivity contribution in [2.75, 3.05) is 27.7 Å². The Bertz CT molecular complexity index is 791. The summed E-state index contributed by atoms with van der Waals surface area (Å²) in [6, 6.07) is 0. The minimum Gasteiger partial charge on any atom is -0.468 e. The van der Waals surface area contributed by atoms with Gasteiger partial charge in [0, 0.05) is 38.7 Å². The zero-order valence-corrected chi connectivity index (χ0v) is 19.9. The lowest BCUT2D eigenvalue weighted by Gasteiger charge is -2.23. The van der Waals surface area contributed by atoms with E-state index in [0.717, 1.165) is 37.6 Å².